The van der Waals surface area contributed by atoms with Crippen molar-refractivity contribution in [1.29, 1.82) is 0 Å². The molecule has 140 heavy (non-hydrogen) atoms. The number of aromatic hydroxyl groups is 2. The third kappa shape index (κ3) is 19.7. The van der Waals surface area contributed by atoms with Gasteiger partial charge in [-0.3, -0.25) is 33.7 Å². The number of aryl methyl sites for hydroxylation is 2. The highest BCUT2D eigenvalue weighted by Gasteiger charge is 2.36. The number of imide groups is 1. The molecule has 0 bridgehead atoms. The third-order valence-electron chi connectivity index (χ3n) is 24.4. The number of Topliss-reactive ketones (excluding diaryl/α,β-unsaturated/α-hetero) is 2. The van der Waals surface area contributed by atoms with Crippen LogP contribution >= 0.6 is 0 Å². The summed E-state index contributed by atoms with van der Waals surface area (Å²) in [4.78, 5) is 128. The van der Waals surface area contributed by atoms with E-state index in [1.807, 2.05) is 230 Å². The average molecular weight is 1880 g/mol. The highest BCUT2D eigenvalue weighted by molar-refractivity contribution is 6.27. The number of rotatable bonds is 16. The smallest absolute Gasteiger partial charge is 0.336 e. The molecule has 5 heterocycles. The standard InChI is InChI=1S/C26H24N2O4.C25H24N2O3.C22H14O6.C21H14O5.C19H24N3O2/c1-15(29)16-6-9-19(22(12-16)26(30)31)25-20-10-7-17(27(2)3)13-23(20)32-24-14-18(28(4)5)8-11-21(24)25;1-15-6-9-18(21(12-15)25(28)29)24-19-10-7-16(26(2)3)13-22(19)30-23-14-17(27(4)5)8-11-20(23)24;1-11(23)12-2-5-15(18(8-12)22(26)27)21-16-6-3-13(24)9-19(16)28-20-10-14(25)4-7-17(20)21;1-11-2-5-14(17(8-11)21(24)25)20-15-6-3-12(22)9-18(15)26-19-10-13(23)4-7-16(19)20;1-20(2)16-10-9-15-17-13(16)7-6-8-14(17)18(23)21(19(15)24)11-12-22(3,4)5/h6-14H,1-5H3;6-14H,1-5H3;2-10,24H,1H3,(H,26,27);2-10,22H,1H3,(H,24,25);6-10H,11-12H2,1-5H3/q;;;;+1/p+2. The van der Waals surface area contributed by atoms with Crippen LogP contribution in [-0.2, 0) is 0 Å². The van der Waals surface area contributed by atoms with Gasteiger partial charge in [-0.25, -0.2) is 28.3 Å². The van der Waals surface area contributed by atoms with Crippen molar-refractivity contribution in [2.24, 2.45) is 0 Å². The lowest BCUT2D eigenvalue weighted by atomic mass is 9.89. The van der Waals surface area contributed by atoms with Gasteiger partial charge in [0.25, 0.3) is 11.8 Å². The molecule has 4 aliphatic carbocycles. The minimum atomic E-state index is -1.18. The zero-order valence-electron chi connectivity index (χ0n) is 80.1. The highest BCUT2D eigenvalue weighted by atomic mass is 16.4. The predicted molar refractivity (Wildman–Crippen MR) is 546 cm³/mol. The first kappa shape index (κ1) is 97.1. The van der Waals surface area contributed by atoms with Crippen LogP contribution in [0.2, 0.25) is 0 Å². The molecule has 19 rings (SSSR count). The normalized spacial score (nSPS) is 11.7. The van der Waals surface area contributed by atoms with Crippen molar-refractivity contribution < 1.29 is 91.1 Å². The molecule has 0 radical (unpaired) electrons. The van der Waals surface area contributed by atoms with Gasteiger partial charge in [-0.05, 0) is 177 Å². The Kier molecular flexibility index (Phi) is 27.1. The molecule has 0 saturated carbocycles. The molecule has 0 aromatic heterocycles. The Bertz CT molecular complexity index is 8300. The molecule has 9 aliphatic rings. The number of phenolic OH excluding ortho intramolecular Hbond substituents is 2. The van der Waals surface area contributed by atoms with Crippen molar-refractivity contribution in [3.8, 4) is 101 Å². The molecule has 0 fully saturated rings. The predicted octanol–water partition coefficient (Wildman–Crippen LogP) is 19.2. The molecule has 0 spiro atoms. The number of quaternary nitrogens is 1. The van der Waals surface area contributed by atoms with E-state index in [0.29, 0.717) is 111 Å². The Morgan fingerprint density at radius 2 is 0.671 bits per heavy atom. The van der Waals surface area contributed by atoms with E-state index in [2.05, 4.69) is 21.1 Å². The van der Waals surface area contributed by atoms with Gasteiger partial charge in [-0.15, -0.1) is 0 Å². The quantitative estimate of drug-likeness (QED) is 0.0172. The number of phenols is 2. The molecular formula is C113H102N7O20+3. The minimum absolute atomic E-state index is 0.0205. The van der Waals surface area contributed by atoms with Crippen molar-refractivity contribution in [2.45, 2.75) is 27.7 Å². The van der Waals surface area contributed by atoms with E-state index < -0.39 is 23.9 Å². The first-order chi connectivity index (χ1) is 66.4. The number of benzene rings is 14. The highest BCUT2D eigenvalue weighted by Crippen LogP contribution is 2.48. The number of carbonyl (C=O) groups excluding carboxylic acids is 4. The summed E-state index contributed by atoms with van der Waals surface area (Å²) >= 11 is 0. The van der Waals surface area contributed by atoms with E-state index >= 15 is 0 Å². The summed E-state index contributed by atoms with van der Waals surface area (Å²) < 4.78 is 28.9. The summed E-state index contributed by atoms with van der Waals surface area (Å²) in [5, 5.41) is 65.5. The second-order valence-electron chi connectivity index (χ2n) is 36.4. The topological polar surface area (TPSA) is 364 Å². The van der Waals surface area contributed by atoms with E-state index in [0.717, 1.165) is 101 Å². The Morgan fingerprint density at radius 1 is 0.343 bits per heavy atom. The number of carboxylic acids is 4. The summed E-state index contributed by atoms with van der Waals surface area (Å²) in [6.45, 7) is 7.67. The largest absolute Gasteiger partial charge is 0.508 e. The first-order valence-corrected chi connectivity index (χ1v) is 44.5. The van der Waals surface area contributed by atoms with Crippen LogP contribution in [0.5, 0.6) is 11.5 Å². The van der Waals surface area contributed by atoms with Crippen molar-refractivity contribution in [3.63, 3.8) is 0 Å². The fourth-order valence-electron chi connectivity index (χ4n) is 17.3. The SMILES string of the molecule is CC(=O)c1ccc(-c2c3ccc(=O)cc-3oc3cc(O)ccc23)c(C(=O)O)c1.CC(=O)c1ccc(-c2c3ccc(=[N+](C)C)cc-3oc3cc(N(C)C)ccc23)c(C(=O)O)c1.CN(C)c1ccc2c3c(cccc13)C(=O)N(CC[N+](C)(C)C)C2=O.Cc1ccc(-c2c3ccc(=O)cc-3oc3cc(O)ccc23)c(C(=O)O)c1.Cc1ccc(-c2c3ccc(=[N+](C)C)cc-3oc3cc(N(C)C)ccc23)c(C(=O)O)c1. The van der Waals surface area contributed by atoms with Crippen LogP contribution in [0.4, 0.5) is 17.1 Å². The molecule has 5 aliphatic heterocycles. The maximum Gasteiger partial charge on any atom is 0.336 e. The first-order valence-electron chi connectivity index (χ1n) is 44.5. The molecule has 2 amide bonds. The third-order valence-corrected chi connectivity index (χ3v) is 24.4. The van der Waals surface area contributed by atoms with E-state index in [9.17, 15) is 78.6 Å². The molecule has 0 atom stereocenters. The Balaban J connectivity index is 0.000000133. The van der Waals surface area contributed by atoms with Crippen molar-refractivity contribution in [1.82, 2.24) is 14.1 Å². The number of hydrogen-bond acceptors (Lipinski definition) is 19. The second-order valence-corrected chi connectivity index (χ2v) is 36.4. The molecule has 10 aromatic rings. The number of hydrogen-bond donors (Lipinski definition) is 6. The van der Waals surface area contributed by atoms with Gasteiger partial charge in [0, 0.05) is 207 Å². The number of amides is 2. The van der Waals surface area contributed by atoms with Crippen LogP contribution in [0.25, 0.3) is 144 Å². The number of aromatic carboxylic acids is 4. The average Bonchev–Trinajstić information content (AvgIpc) is 0.526. The number of carboxylic acid groups (broad SMARTS) is 4. The maximum atomic E-state index is 12.9. The number of carbonyl (C=O) groups is 8. The van der Waals surface area contributed by atoms with Gasteiger partial charge in [0.2, 0.25) is 10.7 Å². The summed E-state index contributed by atoms with van der Waals surface area (Å²) in [6.07, 6.45) is 0. The van der Waals surface area contributed by atoms with E-state index in [-0.39, 0.29) is 79.3 Å². The Morgan fingerprint density at radius 3 is 1.02 bits per heavy atom. The van der Waals surface area contributed by atoms with E-state index in [1.165, 1.54) is 79.4 Å². The molecule has 27 nitrogen and oxygen atoms in total. The minimum Gasteiger partial charge on any atom is -0.508 e. The molecule has 6 N–H and O–H groups in total. The summed E-state index contributed by atoms with van der Waals surface area (Å²) in [7, 11) is 25.8. The van der Waals surface area contributed by atoms with Crippen molar-refractivity contribution in [3.05, 3.63) is 336 Å². The second kappa shape index (κ2) is 39.1. The van der Waals surface area contributed by atoms with Gasteiger partial charge in [0.1, 0.15) is 85.1 Å². The monoisotopic (exact) mass is 1880 g/mol. The molecular weight excluding hydrogens is 1780 g/mol. The zero-order chi connectivity index (χ0) is 101. The number of anilines is 3. The van der Waals surface area contributed by atoms with Crippen LogP contribution < -0.4 is 45.4 Å². The van der Waals surface area contributed by atoms with E-state index in [4.69, 9.17) is 17.7 Å². The fraction of sp³-hybridized carbons (Fsp3) is 0.168. The van der Waals surface area contributed by atoms with Gasteiger partial charge < -0.3 is 67.5 Å². The summed E-state index contributed by atoms with van der Waals surface area (Å²) in [5.74, 6) is -3.07. The lowest BCUT2D eigenvalue weighted by Gasteiger charge is -2.31. The van der Waals surface area contributed by atoms with E-state index in [1.54, 1.807) is 66.7 Å². The Hall–Kier alpha value is -17.5. The van der Waals surface area contributed by atoms with Gasteiger partial charge in [0.15, 0.2) is 22.4 Å². The van der Waals surface area contributed by atoms with Crippen LogP contribution in [0.3, 0.4) is 0 Å². The van der Waals surface area contributed by atoms with Crippen LogP contribution in [0.1, 0.15) is 108 Å². The van der Waals surface area contributed by atoms with Gasteiger partial charge in [-0.1, -0.05) is 71.8 Å². The van der Waals surface area contributed by atoms with Gasteiger partial charge >= 0.3 is 23.9 Å². The van der Waals surface area contributed by atoms with Crippen LogP contribution in [0.15, 0.2) is 276 Å². The number of nitrogens with zero attached hydrogens (tertiary/aromatic N) is 7. The summed E-state index contributed by atoms with van der Waals surface area (Å²) in [5.41, 5.74) is 16.6. The number of fused-ring (bicyclic) bond motifs is 8. The van der Waals surface area contributed by atoms with Crippen molar-refractivity contribution >= 4 is 119 Å². The molecule has 0 unspecified atom stereocenters. The van der Waals surface area contributed by atoms with Gasteiger partial charge in [-0.2, -0.15) is 0 Å². The van der Waals surface area contributed by atoms with Crippen LogP contribution in [-0.4, -0.2) is 192 Å². The molecule has 10 aromatic carbocycles. The van der Waals surface area contributed by atoms with Gasteiger partial charge in [0.05, 0.1) is 68.6 Å². The summed E-state index contributed by atoms with van der Waals surface area (Å²) in [6, 6.07) is 71.2. The van der Waals surface area contributed by atoms with Crippen LogP contribution in [0, 0.1) is 13.8 Å². The lowest BCUT2D eigenvalue weighted by Crippen LogP contribution is -2.47. The molecule has 706 valence electrons. The molecule has 0 saturated heterocycles. The van der Waals surface area contributed by atoms with Crippen molar-refractivity contribution in [2.75, 3.05) is 119 Å². The Labute approximate surface area is 803 Å². The molecule has 27 heteroatoms. The fourth-order valence-corrected chi connectivity index (χ4v) is 17.3. The number of likely N-dealkylation sites (N-methyl/N-ethyl adjacent to an activating group) is 1. The maximum absolute atomic E-state index is 12.9. The number of ketones is 2. The zero-order valence-corrected chi connectivity index (χ0v) is 80.1. The lowest BCUT2D eigenvalue weighted by molar-refractivity contribution is -0.869.